The maximum atomic E-state index is 13.1. The molecule has 2 aromatic heterocycles. The minimum Gasteiger partial charge on any atom is -0.383 e. The van der Waals surface area contributed by atoms with Gasteiger partial charge in [-0.05, 0) is 38.1 Å². The van der Waals surface area contributed by atoms with E-state index in [2.05, 4.69) is 20.5 Å². The Balaban J connectivity index is 1.95. The van der Waals surface area contributed by atoms with Crippen LogP contribution in [0, 0.1) is 13.8 Å². The van der Waals surface area contributed by atoms with Crippen LogP contribution in [-0.2, 0) is 0 Å². The largest absolute Gasteiger partial charge is 0.383 e. The number of aromatic nitrogens is 4. The lowest BCUT2D eigenvalue weighted by molar-refractivity contribution is 0.968. The molecule has 2 heterocycles. The van der Waals surface area contributed by atoms with Crippen LogP contribution in [0.3, 0.4) is 0 Å². The van der Waals surface area contributed by atoms with Crippen molar-refractivity contribution in [2.24, 2.45) is 0 Å². The molecule has 0 unspecified atom stereocenters. The summed E-state index contributed by atoms with van der Waals surface area (Å²) >= 11 is 0. The number of nitrogens with two attached hydrogens (primary N) is 1. The van der Waals surface area contributed by atoms with Crippen LogP contribution < -0.4 is 16.6 Å². The van der Waals surface area contributed by atoms with Crippen molar-refractivity contribution in [2.45, 2.75) is 13.8 Å². The second-order valence-corrected chi connectivity index (χ2v) is 6.24. The molecule has 0 amide bonds. The third-order valence-corrected chi connectivity index (χ3v) is 4.22. The molecule has 0 atom stereocenters. The van der Waals surface area contributed by atoms with Crippen LogP contribution in [0.15, 0.2) is 53.3 Å². The Morgan fingerprint density at radius 3 is 2.27 bits per heavy atom. The fourth-order valence-corrected chi connectivity index (χ4v) is 2.78. The lowest BCUT2D eigenvalue weighted by Gasteiger charge is -2.14. The van der Waals surface area contributed by atoms with Crippen molar-refractivity contribution < 1.29 is 0 Å². The number of nitrogen functional groups attached to an aromatic ring is 1. The highest BCUT2D eigenvalue weighted by molar-refractivity contribution is 5.86. The van der Waals surface area contributed by atoms with E-state index in [1.165, 1.54) is 4.57 Å². The number of anilines is 3. The monoisotopic (exact) mass is 346 g/mol. The Labute approximate surface area is 149 Å². The van der Waals surface area contributed by atoms with Gasteiger partial charge in [0.2, 0.25) is 5.95 Å². The van der Waals surface area contributed by atoms with Gasteiger partial charge >= 0.3 is 0 Å². The molecule has 26 heavy (non-hydrogen) atoms. The second-order valence-electron chi connectivity index (χ2n) is 6.24. The molecule has 0 saturated heterocycles. The fraction of sp³-hybridized carbons (Fsp3) is 0.105. The lowest BCUT2D eigenvalue weighted by Crippen LogP contribution is -2.23. The van der Waals surface area contributed by atoms with Gasteiger partial charge in [-0.1, -0.05) is 35.4 Å². The summed E-state index contributed by atoms with van der Waals surface area (Å²) in [7, 11) is 0. The Kier molecular flexibility index (Phi) is 3.69. The molecule has 4 N–H and O–H groups in total. The number of benzene rings is 2. The highest BCUT2D eigenvalue weighted by atomic mass is 16.1. The number of hydrogen-bond donors (Lipinski definition) is 3. The summed E-state index contributed by atoms with van der Waals surface area (Å²) in [5.74, 6) is 0.585. The van der Waals surface area contributed by atoms with Crippen LogP contribution >= 0.6 is 0 Å². The molecule has 130 valence electrons. The van der Waals surface area contributed by atoms with Crippen LogP contribution in [0.4, 0.5) is 17.5 Å². The number of hydrogen-bond acceptors (Lipinski definition) is 5. The van der Waals surface area contributed by atoms with Gasteiger partial charge in [-0.2, -0.15) is 10.1 Å². The minimum atomic E-state index is -0.278. The van der Waals surface area contributed by atoms with Crippen LogP contribution in [0.25, 0.3) is 16.7 Å². The maximum absolute atomic E-state index is 13.1. The minimum absolute atomic E-state index is 0.209. The highest BCUT2D eigenvalue weighted by Crippen LogP contribution is 2.21. The maximum Gasteiger partial charge on any atom is 0.272 e. The van der Waals surface area contributed by atoms with Gasteiger partial charge in [0.05, 0.1) is 5.69 Å². The SMILES string of the molecule is Cc1ccc(Nc2nc3n[nH]c(N)c3c(=O)n2-c2ccc(C)cc2)cc1. The molecule has 4 aromatic rings. The molecule has 0 aliphatic heterocycles. The van der Waals surface area contributed by atoms with Gasteiger partial charge in [0.15, 0.2) is 5.65 Å². The number of aryl methyl sites for hydroxylation is 2. The molecule has 7 heteroatoms. The normalized spacial score (nSPS) is 11.0. The number of nitrogens with zero attached hydrogens (tertiary/aromatic N) is 3. The third-order valence-electron chi connectivity index (χ3n) is 4.22. The number of nitrogens with one attached hydrogen (secondary N) is 2. The summed E-state index contributed by atoms with van der Waals surface area (Å²) in [4.78, 5) is 17.6. The molecule has 7 nitrogen and oxygen atoms in total. The van der Waals surface area contributed by atoms with Gasteiger partial charge in [-0.25, -0.2) is 4.57 Å². The van der Waals surface area contributed by atoms with Crippen molar-refractivity contribution in [3.05, 3.63) is 70.0 Å². The number of H-pyrrole nitrogens is 1. The molecule has 0 spiro atoms. The molecule has 0 aliphatic rings. The van der Waals surface area contributed by atoms with Crippen molar-refractivity contribution in [1.29, 1.82) is 0 Å². The van der Waals surface area contributed by atoms with Crippen molar-refractivity contribution in [3.63, 3.8) is 0 Å². The predicted molar refractivity (Wildman–Crippen MR) is 103 cm³/mol. The van der Waals surface area contributed by atoms with Crippen molar-refractivity contribution in [3.8, 4) is 5.69 Å². The van der Waals surface area contributed by atoms with E-state index >= 15 is 0 Å². The Morgan fingerprint density at radius 2 is 1.62 bits per heavy atom. The molecule has 4 rings (SSSR count). The second kappa shape index (κ2) is 6.03. The van der Waals surface area contributed by atoms with E-state index < -0.39 is 0 Å². The molecule has 0 radical (unpaired) electrons. The average molecular weight is 346 g/mol. The predicted octanol–water partition coefficient (Wildman–Crippen LogP) is 3.05. The van der Waals surface area contributed by atoms with Gasteiger partial charge in [-0.3, -0.25) is 9.89 Å². The number of fused-ring (bicyclic) bond motifs is 1. The van der Waals surface area contributed by atoms with E-state index in [0.717, 1.165) is 16.8 Å². The van der Waals surface area contributed by atoms with E-state index in [1.54, 1.807) is 0 Å². The van der Waals surface area contributed by atoms with Gasteiger partial charge < -0.3 is 11.1 Å². The van der Waals surface area contributed by atoms with Gasteiger partial charge in [0.1, 0.15) is 11.2 Å². The van der Waals surface area contributed by atoms with E-state index in [4.69, 9.17) is 5.73 Å². The first kappa shape index (κ1) is 15.9. The van der Waals surface area contributed by atoms with Gasteiger partial charge in [-0.15, -0.1) is 0 Å². The smallest absolute Gasteiger partial charge is 0.272 e. The van der Waals surface area contributed by atoms with E-state index in [-0.39, 0.29) is 22.4 Å². The van der Waals surface area contributed by atoms with Crippen LogP contribution in [0.2, 0.25) is 0 Å². The van der Waals surface area contributed by atoms with E-state index in [1.807, 2.05) is 62.4 Å². The summed E-state index contributed by atoms with van der Waals surface area (Å²) in [5, 5.41) is 10.1. The number of rotatable bonds is 3. The first-order chi connectivity index (χ1) is 12.5. The van der Waals surface area contributed by atoms with Crippen molar-refractivity contribution in [1.82, 2.24) is 19.7 Å². The van der Waals surface area contributed by atoms with Gasteiger partial charge in [0.25, 0.3) is 5.56 Å². The molecule has 0 aliphatic carbocycles. The molecule has 0 saturated carbocycles. The van der Waals surface area contributed by atoms with E-state index in [9.17, 15) is 4.79 Å². The topological polar surface area (TPSA) is 102 Å². The highest BCUT2D eigenvalue weighted by Gasteiger charge is 2.17. The van der Waals surface area contributed by atoms with Crippen LogP contribution in [0.5, 0.6) is 0 Å². The fourth-order valence-electron chi connectivity index (χ4n) is 2.78. The van der Waals surface area contributed by atoms with Crippen molar-refractivity contribution >= 4 is 28.5 Å². The summed E-state index contributed by atoms with van der Waals surface area (Å²) in [5.41, 5.74) is 9.66. The standard InChI is InChI=1S/C19H18N6O/c1-11-3-7-13(8-4-11)21-19-22-17-15(16(20)23-24-17)18(26)25(19)14-9-5-12(2)6-10-14/h3-10H,1-2H3,(H4,20,21,22,23,24). The van der Waals surface area contributed by atoms with Crippen LogP contribution in [-0.4, -0.2) is 19.7 Å². The number of aromatic amines is 1. The molecule has 2 aromatic carbocycles. The zero-order valence-electron chi connectivity index (χ0n) is 14.4. The first-order valence-corrected chi connectivity index (χ1v) is 8.20. The summed E-state index contributed by atoms with van der Waals surface area (Å²) in [6.07, 6.45) is 0. The Bertz CT molecular complexity index is 1140. The summed E-state index contributed by atoms with van der Waals surface area (Å²) in [6, 6.07) is 15.5. The average Bonchev–Trinajstić information content (AvgIpc) is 2.99. The molecular formula is C19H18N6O. The molecule has 0 bridgehead atoms. The summed E-state index contributed by atoms with van der Waals surface area (Å²) in [6.45, 7) is 4.01. The first-order valence-electron chi connectivity index (χ1n) is 8.20. The quantitative estimate of drug-likeness (QED) is 0.529. The Hall–Kier alpha value is -3.61. The van der Waals surface area contributed by atoms with E-state index in [0.29, 0.717) is 11.6 Å². The Morgan fingerprint density at radius 1 is 1.00 bits per heavy atom. The zero-order valence-corrected chi connectivity index (χ0v) is 14.4. The van der Waals surface area contributed by atoms with Gasteiger partial charge in [0, 0.05) is 5.69 Å². The zero-order chi connectivity index (χ0) is 18.3. The van der Waals surface area contributed by atoms with Crippen LogP contribution in [0.1, 0.15) is 11.1 Å². The molecule has 0 fully saturated rings. The lowest BCUT2D eigenvalue weighted by atomic mass is 10.2. The third kappa shape index (κ3) is 2.69. The van der Waals surface area contributed by atoms with Crippen molar-refractivity contribution in [2.75, 3.05) is 11.1 Å². The summed E-state index contributed by atoms with van der Waals surface area (Å²) < 4.78 is 1.51. The molecular weight excluding hydrogens is 328 g/mol.